The fourth-order valence-electron chi connectivity index (χ4n) is 4.24. The minimum absolute atomic E-state index is 0.463. The van der Waals surface area contributed by atoms with Crippen molar-refractivity contribution < 1.29 is 4.74 Å². The van der Waals surface area contributed by atoms with Gasteiger partial charge in [0.05, 0.1) is 6.10 Å². The van der Waals surface area contributed by atoms with Gasteiger partial charge in [-0.15, -0.1) is 0 Å². The van der Waals surface area contributed by atoms with E-state index in [0.29, 0.717) is 12.1 Å². The van der Waals surface area contributed by atoms with Crippen molar-refractivity contribution in [1.29, 1.82) is 0 Å². The lowest BCUT2D eigenvalue weighted by molar-refractivity contribution is 0.0541. The summed E-state index contributed by atoms with van der Waals surface area (Å²) in [6, 6.07) is 2.02. The number of hydrogen-bond acceptors (Lipinski definition) is 3. The van der Waals surface area contributed by atoms with Gasteiger partial charge in [0.1, 0.15) is 0 Å². The van der Waals surface area contributed by atoms with Crippen molar-refractivity contribution in [2.45, 2.75) is 69.7 Å². The lowest BCUT2D eigenvalue weighted by Crippen LogP contribution is -2.49. The van der Waals surface area contributed by atoms with Crippen LogP contribution in [0.15, 0.2) is 0 Å². The molecule has 2 N–H and O–H groups in total. The van der Waals surface area contributed by atoms with Crippen LogP contribution in [0, 0.1) is 5.92 Å². The number of nitrogens with zero attached hydrogens (tertiary/aromatic N) is 1. The first kappa shape index (κ1) is 11.9. The summed E-state index contributed by atoms with van der Waals surface area (Å²) in [7, 11) is 0. The van der Waals surface area contributed by atoms with Crippen molar-refractivity contribution in [1.82, 2.24) is 4.90 Å². The highest BCUT2D eigenvalue weighted by atomic mass is 16.5. The van der Waals surface area contributed by atoms with Crippen molar-refractivity contribution >= 4 is 0 Å². The maximum absolute atomic E-state index is 6.13. The third-order valence-electron chi connectivity index (χ3n) is 5.11. The van der Waals surface area contributed by atoms with Crippen LogP contribution in [0.25, 0.3) is 0 Å². The van der Waals surface area contributed by atoms with Crippen LogP contribution in [0.1, 0.15) is 45.4 Å². The van der Waals surface area contributed by atoms with Crippen molar-refractivity contribution in [3.63, 3.8) is 0 Å². The van der Waals surface area contributed by atoms with Crippen LogP contribution in [0.5, 0.6) is 0 Å². The molecular weight excluding hydrogens is 212 g/mol. The van der Waals surface area contributed by atoms with E-state index in [1.807, 2.05) is 0 Å². The fraction of sp³-hybridized carbons (Fsp3) is 1.00. The topological polar surface area (TPSA) is 38.5 Å². The summed E-state index contributed by atoms with van der Waals surface area (Å²) < 4.78 is 5.82. The molecule has 3 heterocycles. The number of rotatable bonds is 3. The van der Waals surface area contributed by atoms with Crippen LogP contribution >= 0.6 is 0 Å². The van der Waals surface area contributed by atoms with E-state index in [1.165, 1.54) is 45.1 Å². The second-order valence-corrected chi connectivity index (χ2v) is 6.18. The first-order chi connectivity index (χ1) is 8.28. The third-order valence-corrected chi connectivity index (χ3v) is 5.11. The molecule has 0 aromatic rings. The molecule has 0 aliphatic carbocycles. The second kappa shape index (κ2) is 4.87. The van der Waals surface area contributed by atoms with E-state index in [2.05, 4.69) is 11.8 Å². The van der Waals surface area contributed by atoms with Gasteiger partial charge in [-0.2, -0.15) is 0 Å². The Morgan fingerprint density at radius 3 is 2.53 bits per heavy atom. The van der Waals surface area contributed by atoms with E-state index >= 15 is 0 Å². The van der Waals surface area contributed by atoms with Gasteiger partial charge < -0.3 is 10.5 Å². The zero-order chi connectivity index (χ0) is 11.8. The summed E-state index contributed by atoms with van der Waals surface area (Å²) >= 11 is 0. The molecule has 0 amide bonds. The van der Waals surface area contributed by atoms with E-state index in [-0.39, 0.29) is 0 Å². The van der Waals surface area contributed by atoms with Gasteiger partial charge in [-0.1, -0.05) is 6.92 Å². The Balaban J connectivity index is 1.62. The molecule has 0 radical (unpaired) electrons. The van der Waals surface area contributed by atoms with Crippen molar-refractivity contribution in [2.24, 2.45) is 11.7 Å². The van der Waals surface area contributed by atoms with Gasteiger partial charge in [-0.25, -0.2) is 0 Å². The molecule has 3 saturated heterocycles. The minimum Gasteiger partial charge on any atom is -0.378 e. The van der Waals surface area contributed by atoms with Crippen LogP contribution in [-0.4, -0.2) is 42.3 Å². The Hall–Kier alpha value is -0.120. The first-order valence-corrected chi connectivity index (χ1v) is 7.41. The summed E-state index contributed by atoms with van der Waals surface area (Å²) in [4.78, 5) is 2.77. The van der Waals surface area contributed by atoms with Gasteiger partial charge in [0.15, 0.2) is 0 Å². The van der Waals surface area contributed by atoms with Gasteiger partial charge in [-0.3, -0.25) is 4.90 Å². The van der Waals surface area contributed by atoms with Crippen molar-refractivity contribution in [2.75, 3.05) is 13.2 Å². The van der Waals surface area contributed by atoms with Gasteiger partial charge in [0.25, 0.3) is 0 Å². The van der Waals surface area contributed by atoms with Crippen LogP contribution in [0.3, 0.4) is 0 Å². The molecule has 98 valence electrons. The molecule has 3 rings (SSSR count). The summed E-state index contributed by atoms with van der Waals surface area (Å²) in [5.41, 5.74) is 6.13. The molecule has 17 heavy (non-hydrogen) atoms. The maximum atomic E-state index is 6.13. The minimum atomic E-state index is 0.463. The molecule has 4 atom stereocenters. The second-order valence-electron chi connectivity index (χ2n) is 6.18. The number of nitrogens with two attached hydrogens (primary N) is 1. The van der Waals surface area contributed by atoms with E-state index in [0.717, 1.165) is 24.6 Å². The van der Waals surface area contributed by atoms with Crippen LogP contribution in [-0.2, 0) is 4.74 Å². The Morgan fingerprint density at radius 2 is 1.88 bits per heavy atom. The number of hydrogen-bond donors (Lipinski definition) is 1. The standard InChI is InChI=1S/C14H26N2O/c1-2-14-10(5-6-17-14)9-16-12-3-4-13(16)8-11(15)7-12/h10-14H,2-9,15H2,1H3. The average Bonchev–Trinajstić information content (AvgIpc) is 2.84. The maximum Gasteiger partial charge on any atom is 0.0613 e. The first-order valence-electron chi connectivity index (χ1n) is 7.41. The largest absolute Gasteiger partial charge is 0.378 e. The molecule has 0 saturated carbocycles. The molecule has 3 nitrogen and oxygen atoms in total. The highest BCUT2D eigenvalue weighted by Gasteiger charge is 2.41. The molecule has 4 unspecified atom stereocenters. The van der Waals surface area contributed by atoms with Crippen LogP contribution in [0.4, 0.5) is 0 Å². The van der Waals surface area contributed by atoms with Gasteiger partial charge in [0, 0.05) is 31.3 Å². The highest BCUT2D eigenvalue weighted by Crippen LogP contribution is 2.37. The summed E-state index contributed by atoms with van der Waals surface area (Å²) in [6.07, 6.45) is 8.16. The van der Waals surface area contributed by atoms with Crippen LogP contribution < -0.4 is 5.73 Å². The molecule has 3 fully saturated rings. The summed E-state index contributed by atoms with van der Waals surface area (Å²) in [5, 5.41) is 0. The molecule has 0 spiro atoms. The normalized spacial score (nSPS) is 46.6. The van der Waals surface area contributed by atoms with Crippen LogP contribution in [0.2, 0.25) is 0 Å². The average molecular weight is 238 g/mol. The Kier molecular flexibility index (Phi) is 3.42. The zero-order valence-corrected chi connectivity index (χ0v) is 11.0. The zero-order valence-electron chi connectivity index (χ0n) is 11.0. The SMILES string of the molecule is CCC1OCCC1CN1C2CCC1CC(N)C2. The van der Waals surface area contributed by atoms with E-state index in [9.17, 15) is 0 Å². The van der Waals surface area contributed by atoms with Gasteiger partial charge in [0.2, 0.25) is 0 Å². The molecule has 0 aromatic carbocycles. The number of piperidine rings is 1. The predicted octanol–water partition coefficient (Wildman–Crippen LogP) is 1.76. The predicted molar refractivity (Wildman–Crippen MR) is 68.9 cm³/mol. The number of ether oxygens (including phenoxy) is 1. The lowest BCUT2D eigenvalue weighted by Gasteiger charge is -2.39. The van der Waals surface area contributed by atoms with Gasteiger partial charge in [-0.05, 0) is 44.4 Å². The summed E-state index contributed by atoms with van der Waals surface area (Å²) in [6.45, 7) is 4.50. The number of fused-ring (bicyclic) bond motifs is 2. The van der Waals surface area contributed by atoms with E-state index < -0.39 is 0 Å². The fourth-order valence-corrected chi connectivity index (χ4v) is 4.24. The lowest BCUT2D eigenvalue weighted by atomic mass is 9.93. The molecule has 3 aliphatic heterocycles. The van der Waals surface area contributed by atoms with Gasteiger partial charge >= 0.3 is 0 Å². The van der Waals surface area contributed by atoms with Crippen molar-refractivity contribution in [3.8, 4) is 0 Å². The summed E-state index contributed by atoms with van der Waals surface area (Å²) in [5.74, 6) is 0.775. The Morgan fingerprint density at radius 1 is 1.18 bits per heavy atom. The quantitative estimate of drug-likeness (QED) is 0.814. The Bertz CT molecular complexity index is 257. The monoisotopic (exact) mass is 238 g/mol. The molecule has 0 aromatic heterocycles. The molecule has 3 aliphatic rings. The Labute approximate surface area is 105 Å². The van der Waals surface area contributed by atoms with E-state index in [4.69, 9.17) is 10.5 Å². The smallest absolute Gasteiger partial charge is 0.0613 e. The molecular formula is C14H26N2O. The highest BCUT2D eigenvalue weighted by molar-refractivity contribution is 4.97. The van der Waals surface area contributed by atoms with Crippen molar-refractivity contribution in [3.05, 3.63) is 0 Å². The van der Waals surface area contributed by atoms with E-state index in [1.54, 1.807) is 0 Å². The molecule has 2 bridgehead atoms. The molecule has 3 heteroatoms. The third kappa shape index (κ3) is 2.25.